The van der Waals surface area contributed by atoms with Gasteiger partial charge in [-0.3, -0.25) is 9.59 Å². The Balaban J connectivity index is 1.48. The van der Waals surface area contributed by atoms with Crippen LogP contribution in [0.25, 0.3) is 11.1 Å². The van der Waals surface area contributed by atoms with Gasteiger partial charge >= 0.3 is 5.97 Å². The Labute approximate surface area is 177 Å². The van der Waals surface area contributed by atoms with Crippen molar-refractivity contribution in [1.82, 2.24) is 5.32 Å². The average molecular weight is 402 g/mol. The molecule has 0 aliphatic heterocycles. The van der Waals surface area contributed by atoms with E-state index in [2.05, 4.69) is 5.32 Å². The maximum absolute atomic E-state index is 12.2. The Bertz CT molecular complexity index is 963. The summed E-state index contributed by atoms with van der Waals surface area (Å²) in [6, 6.07) is 25.8. The van der Waals surface area contributed by atoms with Gasteiger partial charge in [-0.25, -0.2) is 0 Å². The summed E-state index contributed by atoms with van der Waals surface area (Å²) in [6.45, 7) is 3.76. The summed E-state index contributed by atoms with van der Waals surface area (Å²) in [4.78, 5) is 24.4. The van der Waals surface area contributed by atoms with Gasteiger partial charge in [-0.2, -0.15) is 0 Å². The van der Waals surface area contributed by atoms with Gasteiger partial charge in [0.1, 0.15) is 0 Å². The second-order valence-corrected chi connectivity index (χ2v) is 7.34. The van der Waals surface area contributed by atoms with E-state index in [4.69, 9.17) is 4.74 Å². The van der Waals surface area contributed by atoms with Crippen molar-refractivity contribution in [2.45, 2.75) is 32.7 Å². The SMILES string of the molecule is CC[C@@H](NC(=O)COC(=O)Cc1ccc(-c2ccccc2)cc1)c1ccc(C)cc1. The third kappa shape index (κ3) is 6.05. The van der Waals surface area contributed by atoms with Crippen LogP contribution in [0.3, 0.4) is 0 Å². The molecule has 0 unspecified atom stereocenters. The Morgan fingerprint density at radius 1 is 0.867 bits per heavy atom. The number of carbonyl (C=O) groups is 2. The van der Waals surface area contributed by atoms with Gasteiger partial charge in [0.05, 0.1) is 12.5 Å². The second kappa shape index (κ2) is 10.4. The maximum Gasteiger partial charge on any atom is 0.310 e. The van der Waals surface area contributed by atoms with Crippen LogP contribution in [0.15, 0.2) is 78.9 Å². The first-order chi connectivity index (χ1) is 14.5. The molecule has 0 aliphatic carbocycles. The van der Waals surface area contributed by atoms with Gasteiger partial charge in [-0.05, 0) is 35.6 Å². The third-order valence-electron chi connectivity index (χ3n) is 5.00. The Morgan fingerprint density at radius 2 is 1.50 bits per heavy atom. The second-order valence-electron chi connectivity index (χ2n) is 7.34. The van der Waals surface area contributed by atoms with Crippen molar-refractivity contribution < 1.29 is 14.3 Å². The summed E-state index contributed by atoms with van der Waals surface area (Å²) < 4.78 is 5.17. The first kappa shape index (κ1) is 21.3. The number of hydrogen-bond acceptors (Lipinski definition) is 3. The molecule has 0 radical (unpaired) electrons. The van der Waals surface area contributed by atoms with Crippen LogP contribution < -0.4 is 5.32 Å². The van der Waals surface area contributed by atoms with Crippen molar-refractivity contribution in [2.75, 3.05) is 6.61 Å². The molecule has 30 heavy (non-hydrogen) atoms. The number of rotatable bonds is 8. The quantitative estimate of drug-likeness (QED) is 0.540. The molecule has 0 heterocycles. The van der Waals surface area contributed by atoms with Crippen molar-refractivity contribution in [1.29, 1.82) is 0 Å². The minimum atomic E-state index is -0.416. The lowest BCUT2D eigenvalue weighted by atomic mass is 10.0. The van der Waals surface area contributed by atoms with E-state index in [1.54, 1.807) is 0 Å². The summed E-state index contributed by atoms with van der Waals surface area (Å²) >= 11 is 0. The van der Waals surface area contributed by atoms with Gasteiger partial charge in [-0.1, -0.05) is 91.3 Å². The molecule has 4 heteroatoms. The molecule has 3 aromatic rings. The van der Waals surface area contributed by atoms with E-state index >= 15 is 0 Å². The van der Waals surface area contributed by atoms with Crippen LogP contribution in [0.1, 0.15) is 36.1 Å². The van der Waals surface area contributed by atoms with Crippen molar-refractivity contribution in [3.05, 3.63) is 95.6 Å². The van der Waals surface area contributed by atoms with E-state index < -0.39 is 5.97 Å². The van der Waals surface area contributed by atoms with Crippen LogP contribution in [0.2, 0.25) is 0 Å². The number of carbonyl (C=O) groups excluding carboxylic acids is 2. The smallest absolute Gasteiger partial charge is 0.310 e. The zero-order valence-corrected chi connectivity index (χ0v) is 17.4. The number of ether oxygens (including phenoxy) is 1. The van der Waals surface area contributed by atoms with E-state index in [9.17, 15) is 9.59 Å². The van der Waals surface area contributed by atoms with Gasteiger partial charge in [-0.15, -0.1) is 0 Å². The molecule has 0 saturated carbocycles. The van der Waals surface area contributed by atoms with Crippen molar-refractivity contribution >= 4 is 11.9 Å². The molecule has 0 aromatic heterocycles. The minimum absolute atomic E-state index is 0.0951. The van der Waals surface area contributed by atoms with Gasteiger partial charge in [0, 0.05) is 0 Å². The van der Waals surface area contributed by atoms with Gasteiger partial charge in [0.2, 0.25) is 0 Å². The molecule has 1 amide bonds. The Morgan fingerprint density at radius 3 is 2.13 bits per heavy atom. The molecule has 3 rings (SSSR count). The lowest BCUT2D eigenvalue weighted by molar-refractivity contribution is -0.148. The number of amides is 1. The maximum atomic E-state index is 12.2. The fraction of sp³-hybridized carbons (Fsp3) is 0.231. The standard InChI is InChI=1S/C26H27NO3/c1-3-24(23-13-9-19(2)10-14-23)27-25(28)18-30-26(29)17-20-11-15-22(16-12-20)21-7-5-4-6-8-21/h4-16,24H,3,17-18H2,1-2H3,(H,27,28)/t24-/m1/s1. The molecule has 154 valence electrons. The number of hydrogen-bond donors (Lipinski definition) is 1. The predicted octanol–water partition coefficient (Wildman–Crippen LogP) is 5.02. The fourth-order valence-corrected chi connectivity index (χ4v) is 3.27. The van der Waals surface area contributed by atoms with Crippen LogP contribution in [0, 0.1) is 6.92 Å². The van der Waals surface area contributed by atoms with Crippen molar-refractivity contribution in [2.24, 2.45) is 0 Å². The molecule has 1 N–H and O–H groups in total. The predicted molar refractivity (Wildman–Crippen MR) is 119 cm³/mol. The minimum Gasteiger partial charge on any atom is -0.455 e. The van der Waals surface area contributed by atoms with E-state index in [-0.39, 0.29) is 25.0 Å². The van der Waals surface area contributed by atoms with Crippen LogP contribution in [-0.2, 0) is 20.7 Å². The highest BCUT2D eigenvalue weighted by molar-refractivity contribution is 5.81. The largest absolute Gasteiger partial charge is 0.455 e. The molecule has 0 fully saturated rings. The molecule has 0 saturated heterocycles. The van der Waals surface area contributed by atoms with Crippen molar-refractivity contribution in [3.63, 3.8) is 0 Å². The zero-order chi connectivity index (χ0) is 21.3. The highest BCUT2D eigenvalue weighted by Crippen LogP contribution is 2.20. The van der Waals surface area contributed by atoms with Crippen LogP contribution in [-0.4, -0.2) is 18.5 Å². The monoisotopic (exact) mass is 401 g/mol. The summed E-state index contributed by atoms with van der Waals surface area (Å²) in [5.41, 5.74) is 5.29. The van der Waals surface area contributed by atoms with Crippen LogP contribution >= 0.6 is 0 Å². The molecule has 3 aromatic carbocycles. The first-order valence-corrected chi connectivity index (χ1v) is 10.2. The normalized spacial score (nSPS) is 11.5. The molecule has 0 aliphatic rings. The Hall–Kier alpha value is -3.40. The summed E-state index contributed by atoms with van der Waals surface area (Å²) in [5.74, 6) is -0.712. The van der Waals surface area contributed by atoms with Crippen molar-refractivity contribution in [3.8, 4) is 11.1 Å². The molecule has 0 bridgehead atoms. The van der Waals surface area contributed by atoms with Gasteiger partial charge in [0.25, 0.3) is 5.91 Å². The van der Waals surface area contributed by atoms with Gasteiger partial charge in [0.15, 0.2) is 6.61 Å². The highest BCUT2D eigenvalue weighted by atomic mass is 16.5. The van der Waals surface area contributed by atoms with Gasteiger partial charge < -0.3 is 10.1 Å². The number of esters is 1. The molecule has 4 nitrogen and oxygen atoms in total. The topological polar surface area (TPSA) is 55.4 Å². The molecular formula is C26H27NO3. The number of nitrogens with one attached hydrogen (secondary N) is 1. The first-order valence-electron chi connectivity index (χ1n) is 10.2. The Kier molecular flexibility index (Phi) is 7.39. The fourth-order valence-electron chi connectivity index (χ4n) is 3.27. The molecule has 0 spiro atoms. The zero-order valence-electron chi connectivity index (χ0n) is 17.4. The van der Waals surface area contributed by atoms with E-state index in [0.29, 0.717) is 0 Å². The summed E-state index contributed by atoms with van der Waals surface area (Å²) in [7, 11) is 0. The third-order valence-corrected chi connectivity index (χ3v) is 5.00. The average Bonchev–Trinajstić information content (AvgIpc) is 2.78. The number of aryl methyl sites for hydroxylation is 1. The van der Waals surface area contributed by atoms with E-state index in [1.807, 2.05) is 92.7 Å². The van der Waals surface area contributed by atoms with E-state index in [1.165, 1.54) is 5.56 Å². The molecule has 1 atom stereocenters. The lowest BCUT2D eigenvalue weighted by Crippen LogP contribution is -2.32. The van der Waals surface area contributed by atoms with E-state index in [0.717, 1.165) is 28.7 Å². The summed E-state index contributed by atoms with van der Waals surface area (Å²) in [6.07, 6.45) is 0.897. The number of benzene rings is 3. The lowest BCUT2D eigenvalue weighted by Gasteiger charge is -2.17. The van der Waals surface area contributed by atoms with Crippen LogP contribution in [0.5, 0.6) is 0 Å². The summed E-state index contributed by atoms with van der Waals surface area (Å²) in [5, 5.41) is 2.93. The van der Waals surface area contributed by atoms with Crippen LogP contribution in [0.4, 0.5) is 0 Å². The highest BCUT2D eigenvalue weighted by Gasteiger charge is 2.14. The molecular weight excluding hydrogens is 374 g/mol.